The maximum atomic E-state index is 6.04. The Balaban J connectivity index is 1.60. The first-order valence-corrected chi connectivity index (χ1v) is 10.3. The standard InChI is InChI=1S/C23H29ClN6/c1-25-23(27-16-22(29(2)3)18-9-11-21(24)12-10-18)26-15-19-7-4-5-8-20(19)17-30-14-6-13-28-30/h4-14,22H,15-17H2,1-3H3,(H2,25,26,27). The van der Waals surface area contributed by atoms with Gasteiger partial charge in [-0.25, -0.2) is 0 Å². The molecule has 0 aliphatic heterocycles. The highest BCUT2D eigenvalue weighted by molar-refractivity contribution is 6.30. The molecule has 1 unspecified atom stereocenters. The van der Waals surface area contributed by atoms with Gasteiger partial charge in [-0.2, -0.15) is 5.10 Å². The normalized spacial score (nSPS) is 12.8. The average molecular weight is 425 g/mol. The van der Waals surface area contributed by atoms with Gasteiger partial charge >= 0.3 is 0 Å². The van der Waals surface area contributed by atoms with Crippen LogP contribution in [-0.2, 0) is 13.1 Å². The molecule has 1 heterocycles. The molecular weight excluding hydrogens is 396 g/mol. The van der Waals surface area contributed by atoms with Crippen LogP contribution in [0.1, 0.15) is 22.7 Å². The smallest absolute Gasteiger partial charge is 0.191 e. The summed E-state index contributed by atoms with van der Waals surface area (Å²) in [4.78, 5) is 6.57. The summed E-state index contributed by atoms with van der Waals surface area (Å²) >= 11 is 6.04. The molecule has 3 aromatic rings. The number of aliphatic imine (C=N–C) groups is 1. The number of guanidine groups is 1. The van der Waals surface area contributed by atoms with E-state index in [1.165, 1.54) is 16.7 Å². The van der Waals surface area contributed by atoms with Crippen molar-refractivity contribution in [1.29, 1.82) is 0 Å². The van der Waals surface area contributed by atoms with Gasteiger partial charge in [0.05, 0.1) is 12.6 Å². The van der Waals surface area contributed by atoms with Crippen LogP contribution in [0.4, 0.5) is 0 Å². The first-order chi connectivity index (χ1) is 14.6. The van der Waals surface area contributed by atoms with Crippen LogP contribution in [0.3, 0.4) is 0 Å². The van der Waals surface area contributed by atoms with Crippen molar-refractivity contribution in [3.63, 3.8) is 0 Å². The van der Waals surface area contributed by atoms with Crippen molar-refractivity contribution in [3.05, 3.63) is 88.7 Å². The number of likely N-dealkylation sites (N-methyl/N-ethyl adjacent to an activating group) is 1. The molecule has 158 valence electrons. The lowest BCUT2D eigenvalue weighted by atomic mass is 10.1. The van der Waals surface area contributed by atoms with Crippen molar-refractivity contribution in [2.24, 2.45) is 4.99 Å². The minimum Gasteiger partial charge on any atom is -0.354 e. The number of halogens is 1. The first-order valence-electron chi connectivity index (χ1n) is 9.97. The minimum atomic E-state index is 0.202. The van der Waals surface area contributed by atoms with Gasteiger partial charge in [-0.05, 0) is 49.0 Å². The molecule has 0 aliphatic rings. The summed E-state index contributed by atoms with van der Waals surface area (Å²) in [6.45, 7) is 2.16. The Kier molecular flexibility index (Phi) is 7.88. The molecular formula is C23H29ClN6. The number of nitrogens with one attached hydrogen (secondary N) is 2. The van der Waals surface area contributed by atoms with Crippen molar-refractivity contribution >= 4 is 17.6 Å². The van der Waals surface area contributed by atoms with E-state index in [0.717, 1.165) is 24.1 Å². The zero-order valence-electron chi connectivity index (χ0n) is 17.7. The Morgan fingerprint density at radius 2 is 1.80 bits per heavy atom. The van der Waals surface area contributed by atoms with Crippen LogP contribution in [0.5, 0.6) is 0 Å². The van der Waals surface area contributed by atoms with Gasteiger partial charge in [0, 0.05) is 37.6 Å². The summed E-state index contributed by atoms with van der Waals surface area (Å²) in [6, 6.07) is 18.5. The van der Waals surface area contributed by atoms with Crippen LogP contribution in [-0.4, -0.2) is 48.3 Å². The molecule has 6 nitrogen and oxygen atoms in total. The molecule has 0 spiro atoms. The maximum absolute atomic E-state index is 6.04. The fourth-order valence-corrected chi connectivity index (χ4v) is 3.46. The molecule has 1 atom stereocenters. The molecule has 0 fully saturated rings. The zero-order valence-corrected chi connectivity index (χ0v) is 18.5. The van der Waals surface area contributed by atoms with Crippen molar-refractivity contribution in [1.82, 2.24) is 25.3 Å². The van der Waals surface area contributed by atoms with Gasteiger partial charge in [0.25, 0.3) is 0 Å². The molecule has 1 aromatic heterocycles. The number of aromatic nitrogens is 2. The number of hydrogen-bond acceptors (Lipinski definition) is 3. The van der Waals surface area contributed by atoms with Crippen LogP contribution < -0.4 is 10.6 Å². The summed E-state index contributed by atoms with van der Waals surface area (Å²) in [5.74, 6) is 0.768. The van der Waals surface area contributed by atoms with Crippen LogP contribution in [0.15, 0.2) is 72.0 Å². The molecule has 0 radical (unpaired) electrons. The molecule has 0 amide bonds. The van der Waals surface area contributed by atoms with Crippen molar-refractivity contribution in [2.75, 3.05) is 27.7 Å². The molecule has 0 saturated carbocycles. The monoisotopic (exact) mass is 424 g/mol. The number of benzene rings is 2. The van der Waals surface area contributed by atoms with Gasteiger partial charge < -0.3 is 15.5 Å². The Bertz CT molecular complexity index is 935. The van der Waals surface area contributed by atoms with E-state index in [-0.39, 0.29) is 6.04 Å². The Morgan fingerprint density at radius 1 is 1.07 bits per heavy atom. The minimum absolute atomic E-state index is 0.202. The second kappa shape index (κ2) is 10.8. The predicted molar refractivity (Wildman–Crippen MR) is 124 cm³/mol. The Labute approximate surface area is 183 Å². The highest BCUT2D eigenvalue weighted by Gasteiger charge is 2.15. The number of nitrogens with zero attached hydrogens (tertiary/aromatic N) is 4. The van der Waals surface area contributed by atoms with Gasteiger partial charge in [0.2, 0.25) is 0 Å². The van der Waals surface area contributed by atoms with Gasteiger partial charge in [-0.15, -0.1) is 0 Å². The number of hydrogen-bond donors (Lipinski definition) is 2. The molecule has 0 aliphatic carbocycles. The summed E-state index contributed by atoms with van der Waals surface area (Å²) < 4.78 is 1.93. The average Bonchev–Trinajstić information content (AvgIpc) is 3.25. The van der Waals surface area contributed by atoms with Crippen LogP contribution in [0.2, 0.25) is 5.02 Å². The largest absolute Gasteiger partial charge is 0.354 e. The van der Waals surface area contributed by atoms with E-state index in [1.807, 2.05) is 29.1 Å². The van der Waals surface area contributed by atoms with E-state index < -0.39 is 0 Å². The van der Waals surface area contributed by atoms with Crippen LogP contribution >= 0.6 is 11.6 Å². The molecule has 3 rings (SSSR count). The fourth-order valence-electron chi connectivity index (χ4n) is 3.33. The van der Waals surface area contributed by atoms with E-state index in [1.54, 1.807) is 13.2 Å². The topological polar surface area (TPSA) is 57.5 Å². The molecule has 7 heteroatoms. The van der Waals surface area contributed by atoms with E-state index in [2.05, 4.69) is 76.1 Å². The lowest BCUT2D eigenvalue weighted by Crippen LogP contribution is -2.41. The maximum Gasteiger partial charge on any atom is 0.191 e. The molecule has 2 aromatic carbocycles. The van der Waals surface area contributed by atoms with E-state index in [0.29, 0.717) is 6.54 Å². The predicted octanol–water partition coefficient (Wildman–Crippen LogP) is 3.55. The quantitative estimate of drug-likeness (QED) is 0.429. The third-order valence-corrected chi connectivity index (χ3v) is 5.27. The first kappa shape index (κ1) is 21.9. The van der Waals surface area contributed by atoms with E-state index >= 15 is 0 Å². The summed E-state index contributed by atoms with van der Waals surface area (Å²) in [6.07, 6.45) is 3.78. The van der Waals surface area contributed by atoms with Gasteiger partial charge in [0.15, 0.2) is 5.96 Å². The second-order valence-electron chi connectivity index (χ2n) is 7.31. The summed E-state index contributed by atoms with van der Waals surface area (Å²) in [5.41, 5.74) is 3.66. The third kappa shape index (κ3) is 6.08. The van der Waals surface area contributed by atoms with Crippen molar-refractivity contribution < 1.29 is 0 Å². The lowest BCUT2D eigenvalue weighted by Gasteiger charge is -2.26. The number of rotatable bonds is 8. The zero-order chi connectivity index (χ0) is 21.3. The molecule has 2 N–H and O–H groups in total. The fraction of sp³-hybridized carbons (Fsp3) is 0.304. The summed E-state index contributed by atoms with van der Waals surface area (Å²) in [5, 5.41) is 11.9. The third-order valence-electron chi connectivity index (χ3n) is 5.02. The Morgan fingerprint density at radius 3 is 2.43 bits per heavy atom. The SMILES string of the molecule is CN=C(NCc1ccccc1Cn1cccn1)NCC(c1ccc(Cl)cc1)N(C)C. The molecule has 30 heavy (non-hydrogen) atoms. The highest BCUT2D eigenvalue weighted by Crippen LogP contribution is 2.19. The van der Waals surface area contributed by atoms with Gasteiger partial charge in [-0.1, -0.05) is 48.0 Å². The van der Waals surface area contributed by atoms with E-state index in [9.17, 15) is 0 Å². The van der Waals surface area contributed by atoms with Crippen molar-refractivity contribution in [3.8, 4) is 0 Å². The highest BCUT2D eigenvalue weighted by atomic mass is 35.5. The lowest BCUT2D eigenvalue weighted by molar-refractivity contribution is 0.298. The van der Waals surface area contributed by atoms with E-state index in [4.69, 9.17) is 11.6 Å². The van der Waals surface area contributed by atoms with Crippen molar-refractivity contribution in [2.45, 2.75) is 19.1 Å². The van der Waals surface area contributed by atoms with Gasteiger partial charge in [0.1, 0.15) is 0 Å². The second-order valence-corrected chi connectivity index (χ2v) is 7.75. The van der Waals surface area contributed by atoms with Gasteiger partial charge in [-0.3, -0.25) is 9.67 Å². The molecule has 0 saturated heterocycles. The summed E-state index contributed by atoms with van der Waals surface area (Å²) in [7, 11) is 5.93. The van der Waals surface area contributed by atoms with Crippen LogP contribution in [0.25, 0.3) is 0 Å². The Hall–Kier alpha value is -2.83. The van der Waals surface area contributed by atoms with Crippen LogP contribution in [0, 0.1) is 0 Å². The molecule has 0 bridgehead atoms.